The van der Waals surface area contributed by atoms with Crippen molar-refractivity contribution in [3.63, 3.8) is 0 Å². The Labute approximate surface area is 139 Å². The van der Waals surface area contributed by atoms with Gasteiger partial charge in [0.25, 0.3) is 0 Å². The molecule has 122 valence electrons. The van der Waals surface area contributed by atoms with Crippen molar-refractivity contribution in [1.29, 1.82) is 0 Å². The van der Waals surface area contributed by atoms with Crippen LogP contribution >= 0.6 is 11.3 Å². The molecule has 1 aromatic carbocycles. The second kappa shape index (κ2) is 7.10. The Hall–Kier alpha value is -1.92. The second-order valence-corrected chi connectivity index (χ2v) is 6.53. The van der Waals surface area contributed by atoms with Gasteiger partial charge in [0.15, 0.2) is 0 Å². The van der Waals surface area contributed by atoms with Crippen LogP contribution in [0.15, 0.2) is 24.3 Å². The summed E-state index contributed by atoms with van der Waals surface area (Å²) in [5.41, 5.74) is 2.18. The number of benzene rings is 1. The number of amides is 1. The van der Waals surface area contributed by atoms with Gasteiger partial charge in [-0.1, -0.05) is 0 Å². The smallest absolute Gasteiger partial charge is 0.246 e. The maximum Gasteiger partial charge on any atom is 0.246 e. The Balaban J connectivity index is 1.83. The van der Waals surface area contributed by atoms with E-state index in [0.717, 1.165) is 41.3 Å². The van der Waals surface area contributed by atoms with E-state index in [4.69, 9.17) is 14.5 Å². The quantitative estimate of drug-likeness (QED) is 0.914. The summed E-state index contributed by atoms with van der Waals surface area (Å²) >= 11 is 1.66. The van der Waals surface area contributed by atoms with Crippen LogP contribution in [0.3, 0.4) is 0 Å². The van der Waals surface area contributed by atoms with Crippen molar-refractivity contribution < 1.29 is 14.3 Å². The molecule has 1 amide bonds. The van der Waals surface area contributed by atoms with Crippen molar-refractivity contribution in [2.24, 2.45) is 0 Å². The van der Waals surface area contributed by atoms with Gasteiger partial charge >= 0.3 is 0 Å². The highest BCUT2D eigenvalue weighted by Gasteiger charge is 2.26. The molecule has 5 nitrogen and oxygen atoms in total. The van der Waals surface area contributed by atoms with Crippen LogP contribution < -0.4 is 10.1 Å². The number of hydrogen-bond donors (Lipinski definition) is 1. The van der Waals surface area contributed by atoms with E-state index < -0.39 is 0 Å². The van der Waals surface area contributed by atoms with Crippen molar-refractivity contribution in [1.82, 2.24) is 10.3 Å². The zero-order valence-corrected chi connectivity index (χ0v) is 14.1. The molecule has 1 aromatic heterocycles. The minimum absolute atomic E-state index is 0.0471. The molecule has 0 spiro atoms. The average molecular weight is 332 g/mol. The molecule has 3 rings (SSSR count). The number of fused-ring (bicyclic) bond motifs is 1. The van der Waals surface area contributed by atoms with Crippen LogP contribution in [0.25, 0.3) is 10.6 Å². The summed E-state index contributed by atoms with van der Waals surface area (Å²) < 4.78 is 10.1. The topological polar surface area (TPSA) is 60.5 Å². The van der Waals surface area contributed by atoms with Gasteiger partial charge in [0, 0.05) is 12.7 Å². The van der Waals surface area contributed by atoms with Crippen LogP contribution in [0.4, 0.5) is 0 Å². The number of carbonyl (C=O) groups is 1. The van der Waals surface area contributed by atoms with Gasteiger partial charge in [0.05, 0.1) is 23.7 Å². The highest BCUT2D eigenvalue weighted by Crippen LogP contribution is 2.38. The average Bonchev–Trinajstić information content (AvgIpc) is 3.00. The molecule has 0 fully saturated rings. The molecule has 1 atom stereocenters. The molecule has 0 unspecified atom stereocenters. The van der Waals surface area contributed by atoms with Gasteiger partial charge in [0.1, 0.15) is 17.4 Å². The summed E-state index contributed by atoms with van der Waals surface area (Å²) in [4.78, 5) is 17.8. The molecule has 0 saturated heterocycles. The zero-order chi connectivity index (χ0) is 16.2. The predicted molar refractivity (Wildman–Crippen MR) is 89.8 cm³/mol. The summed E-state index contributed by atoms with van der Waals surface area (Å²) in [6, 6.07) is 7.95. The van der Waals surface area contributed by atoms with Gasteiger partial charge in [-0.3, -0.25) is 4.79 Å². The molecule has 0 radical (unpaired) electrons. The maximum absolute atomic E-state index is 11.8. The summed E-state index contributed by atoms with van der Waals surface area (Å²) in [6.07, 6.45) is 2.96. The molecule has 0 bridgehead atoms. The zero-order valence-electron chi connectivity index (χ0n) is 13.3. The number of rotatable bonds is 5. The molecule has 23 heavy (non-hydrogen) atoms. The van der Waals surface area contributed by atoms with Crippen LogP contribution in [-0.2, 0) is 16.0 Å². The lowest BCUT2D eigenvalue weighted by Gasteiger charge is -2.22. The number of aromatic nitrogens is 1. The number of ether oxygens (including phenoxy) is 2. The first-order valence-electron chi connectivity index (χ1n) is 7.63. The normalized spacial score (nSPS) is 16.7. The minimum atomic E-state index is -0.0789. The fourth-order valence-electron chi connectivity index (χ4n) is 2.78. The van der Waals surface area contributed by atoms with E-state index in [-0.39, 0.29) is 18.6 Å². The van der Waals surface area contributed by atoms with E-state index in [1.807, 2.05) is 24.3 Å². The summed E-state index contributed by atoms with van der Waals surface area (Å²) in [5.74, 6) is 0.754. The van der Waals surface area contributed by atoms with Gasteiger partial charge < -0.3 is 14.8 Å². The van der Waals surface area contributed by atoms with Crippen molar-refractivity contribution >= 4 is 17.2 Å². The Morgan fingerprint density at radius 2 is 2.13 bits per heavy atom. The van der Waals surface area contributed by atoms with E-state index in [2.05, 4.69) is 5.32 Å². The van der Waals surface area contributed by atoms with Crippen molar-refractivity contribution in [3.8, 4) is 16.3 Å². The summed E-state index contributed by atoms with van der Waals surface area (Å²) in [7, 11) is 3.19. The van der Waals surface area contributed by atoms with E-state index in [0.29, 0.717) is 0 Å². The first-order chi connectivity index (χ1) is 11.2. The molecule has 6 heteroatoms. The number of hydrogen-bond acceptors (Lipinski definition) is 5. The first-order valence-corrected chi connectivity index (χ1v) is 8.45. The van der Waals surface area contributed by atoms with Crippen LogP contribution in [0.5, 0.6) is 5.75 Å². The Bertz CT molecular complexity index is 682. The largest absolute Gasteiger partial charge is 0.497 e. The van der Waals surface area contributed by atoms with Gasteiger partial charge in [-0.2, -0.15) is 0 Å². The van der Waals surface area contributed by atoms with Gasteiger partial charge in [0.2, 0.25) is 5.91 Å². The first kappa shape index (κ1) is 16.0. The molecule has 0 saturated carbocycles. The number of nitrogens with one attached hydrogen (secondary N) is 1. The molecular weight excluding hydrogens is 312 g/mol. The third-order valence-electron chi connectivity index (χ3n) is 3.90. The number of carbonyl (C=O) groups excluding carboxylic acids is 1. The Morgan fingerprint density at radius 3 is 2.83 bits per heavy atom. The second-order valence-electron chi connectivity index (χ2n) is 5.50. The Kier molecular flexibility index (Phi) is 4.93. The van der Waals surface area contributed by atoms with E-state index in [1.54, 1.807) is 18.4 Å². The fourth-order valence-corrected chi connectivity index (χ4v) is 3.98. The number of nitrogens with zero attached hydrogens (tertiary/aromatic N) is 1. The van der Waals surface area contributed by atoms with E-state index >= 15 is 0 Å². The van der Waals surface area contributed by atoms with Gasteiger partial charge in [-0.15, -0.1) is 11.3 Å². The minimum Gasteiger partial charge on any atom is -0.497 e. The van der Waals surface area contributed by atoms with Crippen molar-refractivity contribution in [2.45, 2.75) is 25.3 Å². The van der Waals surface area contributed by atoms with Crippen LogP contribution in [-0.4, -0.2) is 31.7 Å². The van der Waals surface area contributed by atoms with Crippen molar-refractivity contribution in [2.75, 3.05) is 20.8 Å². The fraction of sp³-hybridized carbons (Fsp3) is 0.412. The maximum atomic E-state index is 11.8. The molecule has 1 heterocycles. The number of thiazole rings is 1. The Morgan fingerprint density at radius 1 is 1.35 bits per heavy atom. The monoisotopic (exact) mass is 332 g/mol. The molecule has 1 N–H and O–H groups in total. The van der Waals surface area contributed by atoms with E-state index in [1.165, 1.54) is 12.0 Å². The van der Waals surface area contributed by atoms with E-state index in [9.17, 15) is 4.79 Å². The lowest BCUT2D eigenvalue weighted by molar-refractivity contribution is -0.125. The SMILES string of the molecule is COCC(=O)N[C@@H]1CCCc2nc(-c3ccc(OC)cc3)sc21. The lowest BCUT2D eigenvalue weighted by atomic mass is 9.98. The predicted octanol–water partition coefficient (Wildman–Crippen LogP) is 2.96. The number of methoxy groups -OCH3 is 2. The van der Waals surface area contributed by atoms with Crippen LogP contribution in [0.1, 0.15) is 29.5 Å². The molecule has 2 aromatic rings. The van der Waals surface area contributed by atoms with Crippen molar-refractivity contribution in [3.05, 3.63) is 34.8 Å². The molecule has 1 aliphatic rings. The molecule has 1 aliphatic carbocycles. The van der Waals surface area contributed by atoms with Gasteiger partial charge in [-0.05, 0) is 43.5 Å². The lowest BCUT2D eigenvalue weighted by Crippen LogP contribution is -2.32. The van der Waals surface area contributed by atoms with Crippen LogP contribution in [0.2, 0.25) is 0 Å². The highest BCUT2D eigenvalue weighted by atomic mass is 32.1. The third-order valence-corrected chi connectivity index (χ3v) is 5.16. The highest BCUT2D eigenvalue weighted by molar-refractivity contribution is 7.15. The van der Waals surface area contributed by atoms with Gasteiger partial charge in [-0.25, -0.2) is 4.98 Å². The molecular formula is C17H20N2O3S. The van der Waals surface area contributed by atoms with Crippen LogP contribution in [0, 0.1) is 0 Å². The third kappa shape index (κ3) is 3.54. The summed E-state index contributed by atoms with van der Waals surface area (Å²) in [5, 5.41) is 4.04. The molecule has 0 aliphatic heterocycles. The number of aryl methyl sites for hydroxylation is 1. The standard InChI is InChI=1S/C17H20N2O3S/c1-21-10-15(20)18-13-4-3-5-14-16(13)23-17(19-14)11-6-8-12(22-2)9-7-11/h6-9,13H,3-5,10H2,1-2H3,(H,18,20)/t13-/m1/s1. The summed E-state index contributed by atoms with van der Waals surface area (Å²) in [6.45, 7) is 0.0932.